The van der Waals surface area contributed by atoms with Crippen molar-refractivity contribution < 1.29 is 22.9 Å². The Balaban J connectivity index is 1.82. The number of benzene rings is 1. The van der Waals surface area contributed by atoms with Gasteiger partial charge in [-0.25, -0.2) is 0 Å². The van der Waals surface area contributed by atoms with Crippen molar-refractivity contribution >= 4 is 23.2 Å². The molecule has 2 rings (SSSR count). The number of alkyl halides is 3. The summed E-state index contributed by atoms with van der Waals surface area (Å²) in [6, 6.07) is 5.71. The number of hydrogen-bond donors (Lipinski definition) is 2. The van der Waals surface area contributed by atoms with E-state index in [-0.39, 0.29) is 6.54 Å². The predicted molar refractivity (Wildman–Crippen MR) is 83.0 cm³/mol. The summed E-state index contributed by atoms with van der Waals surface area (Å²) in [6.45, 7) is 3.68. The number of piperazine rings is 1. The number of quaternary nitrogens is 1. The van der Waals surface area contributed by atoms with Gasteiger partial charge in [-0.3, -0.25) is 4.79 Å². The Morgan fingerprint density at radius 2 is 2.00 bits per heavy atom. The molecule has 1 aromatic carbocycles. The van der Waals surface area contributed by atoms with Gasteiger partial charge in [0.15, 0.2) is 6.54 Å². The van der Waals surface area contributed by atoms with Gasteiger partial charge in [0, 0.05) is 10.7 Å². The van der Waals surface area contributed by atoms with Crippen molar-refractivity contribution in [1.29, 1.82) is 0 Å². The van der Waals surface area contributed by atoms with Gasteiger partial charge < -0.3 is 15.1 Å². The minimum absolute atomic E-state index is 0.0679. The Morgan fingerprint density at radius 1 is 1.35 bits per heavy atom. The molecule has 0 radical (unpaired) electrons. The van der Waals surface area contributed by atoms with Crippen LogP contribution in [0.5, 0.6) is 0 Å². The highest BCUT2D eigenvalue weighted by atomic mass is 35.5. The van der Waals surface area contributed by atoms with Gasteiger partial charge in [0.05, 0.1) is 26.2 Å². The monoisotopic (exact) mass is 350 g/mol. The van der Waals surface area contributed by atoms with E-state index < -0.39 is 18.6 Å². The van der Waals surface area contributed by atoms with Gasteiger partial charge in [-0.1, -0.05) is 17.7 Å². The Hall–Kier alpha value is -1.47. The number of carbonyl (C=O) groups excluding carboxylic acids is 1. The zero-order valence-corrected chi connectivity index (χ0v) is 13.6. The Morgan fingerprint density at radius 3 is 2.61 bits per heavy atom. The first-order chi connectivity index (χ1) is 10.7. The van der Waals surface area contributed by atoms with Gasteiger partial charge in [0.2, 0.25) is 0 Å². The number of hydrogen-bond acceptors (Lipinski definition) is 2. The topological polar surface area (TPSA) is 36.8 Å². The quantitative estimate of drug-likeness (QED) is 0.851. The number of aryl methyl sites for hydroxylation is 1. The zero-order chi connectivity index (χ0) is 17.0. The molecule has 0 saturated carbocycles. The van der Waals surface area contributed by atoms with Crippen LogP contribution in [0.15, 0.2) is 18.2 Å². The summed E-state index contributed by atoms with van der Waals surface area (Å²) in [5, 5.41) is 2.59. The van der Waals surface area contributed by atoms with Crippen molar-refractivity contribution in [2.45, 2.75) is 13.1 Å². The van der Waals surface area contributed by atoms with Crippen LogP contribution in [0.1, 0.15) is 5.56 Å². The van der Waals surface area contributed by atoms with Crippen LogP contribution in [0, 0.1) is 6.92 Å². The maximum atomic E-state index is 12.1. The van der Waals surface area contributed by atoms with Crippen molar-refractivity contribution in [3.8, 4) is 0 Å². The van der Waals surface area contributed by atoms with Gasteiger partial charge in [0.1, 0.15) is 6.54 Å². The molecule has 128 valence electrons. The second-order valence-corrected chi connectivity index (χ2v) is 6.17. The molecule has 0 unspecified atom stereocenters. The highest BCUT2D eigenvalue weighted by Gasteiger charge is 2.29. The molecule has 0 aromatic heterocycles. The van der Waals surface area contributed by atoms with Crippen LogP contribution in [0.3, 0.4) is 0 Å². The lowest BCUT2D eigenvalue weighted by Crippen LogP contribution is -3.16. The average molecular weight is 351 g/mol. The van der Waals surface area contributed by atoms with E-state index >= 15 is 0 Å². The molecule has 2 N–H and O–H groups in total. The van der Waals surface area contributed by atoms with Crippen molar-refractivity contribution in [1.82, 2.24) is 5.32 Å². The summed E-state index contributed by atoms with van der Waals surface area (Å²) in [5.74, 6) is -0.565. The molecule has 0 bridgehead atoms. The Bertz CT molecular complexity index is 557. The second kappa shape index (κ2) is 7.40. The lowest BCUT2D eigenvalue weighted by atomic mass is 10.1. The number of rotatable bonds is 4. The lowest BCUT2D eigenvalue weighted by molar-refractivity contribution is -0.892. The molecule has 1 aliphatic rings. The highest BCUT2D eigenvalue weighted by Crippen LogP contribution is 2.24. The lowest BCUT2D eigenvalue weighted by Gasteiger charge is -2.34. The third kappa shape index (κ3) is 5.58. The number of anilines is 1. The van der Waals surface area contributed by atoms with E-state index in [1.54, 1.807) is 0 Å². The molecular weight excluding hydrogens is 331 g/mol. The smallest absolute Gasteiger partial charge is 0.360 e. The van der Waals surface area contributed by atoms with Gasteiger partial charge in [-0.2, -0.15) is 13.2 Å². The minimum atomic E-state index is -4.37. The van der Waals surface area contributed by atoms with E-state index in [1.165, 1.54) is 0 Å². The van der Waals surface area contributed by atoms with Crippen LogP contribution in [0.4, 0.5) is 18.9 Å². The Kier molecular flexibility index (Phi) is 5.75. The number of carbonyl (C=O) groups is 1. The first kappa shape index (κ1) is 17.9. The van der Waals surface area contributed by atoms with Gasteiger partial charge in [-0.15, -0.1) is 0 Å². The molecular formula is C15H20ClF3N3O+. The van der Waals surface area contributed by atoms with E-state index in [4.69, 9.17) is 11.6 Å². The van der Waals surface area contributed by atoms with Gasteiger partial charge >= 0.3 is 6.18 Å². The molecule has 0 spiro atoms. The molecule has 1 aromatic rings. The van der Waals surface area contributed by atoms with Gasteiger partial charge in [-0.05, 0) is 24.6 Å². The molecule has 23 heavy (non-hydrogen) atoms. The van der Waals surface area contributed by atoms with E-state index in [0.29, 0.717) is 18.1 Å². The average Bonchev–Trinajstić information content (AvgIpc) is 2.48. The van der Waals surface area contributed by atoms with Crippen LogP contribution in [0.2, 0.25) is 5.02 Å². The van der Waals surface area contributed by atoms with Crippen LogP contribution >= 0.6 is 11.6 Å². The number of amides is 1. The largest absolute Gasteiger partial charge is 0.405 e. The number of nitrogens with one attached hydrogen (secondary N) is 2. The van der Waals surface area contributed by atoms with Crippen LogP contribution in [0.25, 0.3) is 0 Å². The summed E-state index contributed by atoms with van der Waals surface area (Å²) in [5.41, 5.74) is 2.19. The van der Waals surface area contributed by atoms with Gasteiger partial charge in [0.25, 0.3) is 5.91 Å². The van der Waals surface area contributed by atoms with E-state index in [2.05, 4.69) is 4.90 Å². The molecule has 1 heterocycles. The second-order valence-electron chi connectivity index (χ2n) is 5.74. The molecule has 1 saturated heterocycles. The van der Waals surface area contributed by atoms with Crippen LogP contribution in [-0.2, 0) is 4.79 Å². The summed E-state index contributed by atoms with van der Waals surface area (Å²) >= 11 is 6.03. The highest BCUT2D eigenvalue weighted by molar-refractivity contribution is 6.30. The normalized spacial score (nSPS) is 16.5. The fourth-order valence-electron chi connectivity index (χ4n) is 2.65. The molecule has 8 heteroatoms. The van der Waals surface area contributed by atoms with Crippen molar-refractivity contribution in [3.05, 3.63) is 28.8 Å². The van der Waals surface area contributed by atoms with E-state index in [0.717, 1.165) is 29.2 Å². The first-order valence-electron chi connectivity index (χ1n) is 7.43. The number of halogens is 4. The first-order valence-corrected chi connectivity index (χ1v) is 7.80. The molecule has 1 amide bonds. The third-order valence-corrected chi connectivity index (χ3v) is 4.11. The standard InChI is InChI=1S/C15H19ClF3N3O/c1-11-2-3-12(16)8-13(11)22-6-4-21(5-7-22)9-14(23)20-10-15(17,18)19/h2-3,8H,4-7,9-10H2,1H3,(H,20,23)/p+1. The predicted octanol–water partition coefficient (Wildman–Crippen LogP) is 1.03. The fourth-order valence-corrected chi connectivity index (χ4v) is 2.82. The molecule has 0 aliphatic carbocycles. The maximum absolute atomic E-state index is 12.1. The molecule has 1 fully saturated rings. The zero-order valence-electron chi connectivity index (χ0n) is 12.8. The van der Waals surface area contributed by atoms with Crippen molar-refractivity contribution in [2.24, 2.45) is 0 Å². The Labute approximate surface area is 138 Å². The van der Waals surface area contributed by atoms with Crippen molar-refractivity contribution in [2.75, 3.05) is 44.2 Å². The summed E-state index contributed by atoms with van der Waals surface area (Å²) in [7, 11) is 0. The van der Waals surface area contributed by atoms with Crippen LogP contribution < -0.4 is 15.1 Å². The molecule has 1 aliphatic heterocycles. The van der Waals surface area contributed by atoms with E-state index in [9.17, 15) is 18.0 Å². The summed E-state index contributed by atoms with van der Waals surface area (Å²) in [4.78, 5) is 14.7. The number of nitrogens with zero attached hydrogens (tertiary/aromatic N) is 1. The van der Waals surface area contributed by atoms with E-state index in [1.807, 2.05) is 30.4 Å². The van der Waals surface area contributed by atoms with Crippen LogP contribution in [-0.4, -0.2) is 51.4 Å². The summed E-state index contributed by atoms with van der Waals surface area (Å²) in [6.07, 6.45) is -4.37. The van der Waals surface area contributed by atoms with Crippen molar-refractivity contribution in [3.63, 3.8) is 0 Å². The molecule has 0 atom stereocenters. The molecule has 4 nitrogen and oxygen atoms in total. The fraction of sp³-hybridized carbons (Fsp3) is 0.533. The SMILES string of the molecule is Cc1ccc(Cl)cc1N1CC[NH+](CC(=O)NCC(F)(F)F)CC1. The minimum Gasteiger partial charge on any atom is -0.360 e. The summed E-state index contributed by atoms with van der Waals surface area (Å²) < 4.78 is 36.2. The maximum Gasteiger partial charge on any atom is 0.405 e. The third-order valence-electron chi connectivity index (χ3n) is 3.88.